The fourth-order valence-corrected chi connectivity index (χ4v) is 5.45. The smallest absolute Gasteiger partial charge is 0.250 e. The predicted octanol–water partition coefficient (Wildman–Crippen LogP) is 3.74. The van der Waals surface area contributed by atoms with E-state index >= 15 is 0 Å². The third-order valence-electron chi connectivity index (χ3n) is 5.71. The number of carbonyl (C=O) groups is 1. The summed E-state index contributed by atoms with van der Waals surface area (Å²) in [7, 11) is -2.98. The van der Waals surface area contributed by atoms with Gasteiger partial charge in [0.1, 0.15) is 9.84 Å². The monoisotopic (exact) mass is 423 g/mol. The standard InChI is InChI=1S/C23H25N3O3S/c1-30(28,29)13-14-6-8-15(9-7-14)21-12-19-16(17-4-2-3-5-20(17)24)10-11-18(23(25)27)22(19)26-21/h2-5,8,10-12,14,26H,6-7,9,13,24H2,1H3,(H2,25,27). The summed E-state index contributed by atoms with van der Waals surface area (Å²) >= 11 is 0. The van der Waals surface area contributed by atoms with Crippen LogP contribution in [-0.2, 0) is 9.84 Å². The summed E-state index contributed by atoms with van der Waals surface area (Å²) in [6, 6.07) is 13.3. The highest BCUT2D eigenvalue weighted by Gasteiger charge is 2.22. The van der Waals surface area contributed by atoms with Crippen LogP contribution in [0.3, 0.4) is 0 Å². The van der Waals surface area contributed by atoms with Gasteiger partial charge in [-0.1, -0.05) is 30.3 Å². The van der Waals surface area contributed by atoms with Gasteiger partial charge in [0.15, 0.2) is 0 Å². The zero-order valence-electron chi connectivity index (χ0n) is 16.8. The molecule has 30 heavy (non-hydrogen) atoms. The summed E-state index contributed by atoms with van der Waals surface area (Å²) in [6.45, 7) is 0. The normalized spacial score (nSPS) is 17.1. The van der Waals surface area contributed by atoms with Crippen LogP contribution in [0.15, 0.2) is 48.5 Å². The van der Waals surface area contributed by atoms with Crippen molar-refractivity contribution in [2.45, 2.75) is 19.3 Å². The first-order valence-electron chi connectivity index (χ1n) is 9.90. The summed E-state index contributed by atoms with van der Waals surface area (Å²) in [5, 5.41) is 0.887. The van der Waals surface area contributed by atoms with E-state index in [1.807, 2.05) is 36.4 Å². The van der Waals surface area contributed by atoms with E-state index in [9.17, 15) is 13.2 Å². The van der Waals surface area contributed by atoms with E-state index in [1.165, 1.54) is 6.26 Å². The predicted molar refractivity (Wildman–Crippen MR) is 122 cm³/mol. The molecule has 6 nitrogen and oxygen atoms in total. The Balaban J connectivity index is 1.78. The van der Waals surface area contributed by atoms with Crippen molar-refractivity contribution in [3.05, 3.63) is 59.8 Å². The number of H-pyrrole nitrogens is 1. The Morgan fingerprint density at radius 3 is 2.57 bits per heavy atom. The first-order chi connectivity index (χ1) is 14.2. The number of para-hydroxylation sites is 1. The van der Waals surface area contributed by atoms with Crippen LogP contribution in [0.5, 0.6) is 0 Å². The lowest BCUT2D eigenvalue weighted by Crippen LogP contribution is -2.16. The molecule has 7 heteroatoms. The van der Waals surface area contributed by atoms with Gasteiger partial charge in [-0.3, -0.25) is 4.79 Å². The molecule has 0 saturated heterocycles. The minimum Gasteiger partial charge on any atom is -0.398 e. The molecule has 0 aliphatic heterocycles. The van der Waals surface area contributed by atoms with Gasteiger partial charge in [0.05, 0.1) is 16.8 Å². The number of allylic oxidation sites excluding steroid dienone is 2. The number of carbonyl (C=O) groups excluding carboxylic acids is 1. The van der Waals surface area contributed by atoms with Crippen LogP contribution >= 0.6 is 0 Å². The number of hydrogen-bond donors (Lipinski definition) is 3. The molecule has 1 aliphatic rings. The topological polar surface area (TPSA) is 119 Å². The Hall–Kier alpha value is -3.06. The van der Waals surface area contributed by atoms with Crippen LogP contribution < -0.4 is 11.5 Å². The lowest BCUT2D eigenvalue weighted by molar-refractivity contribution is 0.100. The molecule has 3 aromatic rings. The number of aromatic nitrogens is 1. The third kappa shape index (κ3) is 3.98. The number of aromatic amines is 1. The Labute approximate surface area is 175 Å². The SMILES string of the molecule is CS(=O)(=O)CC1CC=C(c2cc3c(-c4ccccc4N)ccc(C(N)=O)c3[nH]2)CC1. The van der Waals surface area contributed by atoms with Crippen LogP contribution in [0, 0.1) is 5.92 Å². The Bertz CT molecular complexity index is 1270. The zero-order chi connectivity index (χ0) is 21.5. The van der Waals surface area contributed by atoms with Crippen molar-refractivity contribution in [3.8, 4) is 11.1 Å². The Morgan fingerprint density at radius 2 is 1.93 bits per heavy atom. The number of nitrogens with two attached hydrogens (primary N) is 2. The van der Waals surface area contributed by atoms with Gasteiger partial charge in [0, 0.05) is 28.6 Å². The van der Waals surface area contributed by atoms with E-state index in [1.54, 1.807) is 6.07 Å². The van der Waals surface area contributed by atoms with Crippen molar-refractivity contribution in [1.29, 1.82) is 0 Å². The van der Waals surface area contributed by atoms with Crippen molar-refractivity contribution < 1.29 is 13.2 Å². The second-order valence-corrected chi connectivity index (χ2v) is 10.2. The van der Waals surface area contributed by atoms with E-state index in [4.69, 9.17) is 11.5 Å². The van der Waals surface area contributed by atoms with Gasteiger partial charge in [0.25, 0.3) is 5.91 Å². The number of anilines is 1. The minimum atomic E-state index is -2.98. The Kier molecular flexibility index (Phi) is 5.15. The molecule has 156 valence electrons. The molecule has 0 spiro atoms. The molecule has 1 aromatic heterocycles. The van der Waals surface area contributed by atoms with Crippen LogP contribution in [0.4, 0.5) is 5.69 Å². The highest BCUT2D eigenvalue weighted by molar-refractivity contribution is 7.90. The summed E-state index contributed by atoms with van der Waals surface area (Å²) < 4.78 is 23.2. The van der Waals surface area contributed by atoms with E-state index in [2.05, 4.69) is 11.1 Å². The van der Waals surface area contributed by atoms with E-state index < -0.39 is 15.7 Å². The van der Waals surface area contributed by atoms with Gasteiger partial charge in [-0.05, 0) is 54.5 Å². The number of nitrogen functional groups attached to an aromatic ring is 1. The van der Waals surface area contributed by atoms with Gasteiger partial charge >= 0.3 is 0 Å². The van der Waals surface area contributed by atoms with Crippen molar-refractivity contribution in [3.63, 3.8) is 0 Å². The molecule has 0 saturated carbocycles. The van der Waals surface area contributed by atoms with E-state index in [0.717, 1.165) is 47.0 Å². The number of primary amides is 1. The molecular formula is C23H25N3O3S. The van der Waals surface area contributed by atoms with E-state index in [0.29, 0.717) is 16.8 Å². The molecular weight excluding hydrogens is 398 g/mol. The molecule has 4 rings (SSSR count). The second kappa shape index (κ2) is 7.65. The molecule has 1 aliphatic carbocycles. The maximum atomic E-state index is 12.0. The van der Waals surface area contributed by atoms with Crippen LogP contribution in [0.25, 0.3) is 27.6 Å². The fraction of sp³-hybridized carbons (Fsp3) is 0.261. The fourth-order valence-electron chi connectivity index (χ4n) is 4.29. The van der Waals surface area contributed by atoms with Gasteiger partial charge in [-0.25, -0.2) is 8.42 Å². The highest BCUT2D eigenvalue weighted by Crippen LogP contribution is 2.37. The second-order valence-electron chi connectivity index (χ2n) is 8.05. The molecule has 0 fully saturated rings. The lowest BCUT2D eigenvalue weighted by Gasteiger charge is -2.20. The molecule has 5 N–H and O–H groups in total. The average Bonchev–Trinajstić information content (AvgIpc) is 3.12. The molecule has 1 amide bonds. The van der Waals surface area contributed by atoms with Gasteiger partial charge in [-0.2, -0.15) is 0 Å². The summed E-state index contributed by atoms with van der Waals surface area (Å²) in [4.78, 5) is 15.4. The van der Waals surface area contributed by atoms with Gasteiger partial charge in [-0.15, -0.1) is 0 Å². The minimum absolute atomic E-state index is 0.147. The molecule has 1 unspecified atom stereocenters. The number of nitrogens with one attached hydrogen (secondary N) is 1. The average molecular weight is 424 g/mol. The van der Waals surface area contributed by atoms with Crippen molar-refractivity contribution in [2.24, 2.45) is 11.7 Å². The molecule has 1 atom stereocenters. The third-order valence-corrected chi connectivity index (χ3v) is 6.79. The number of amides is 1. The van der Waals surface area contributed by atoms with Crippen molar-refractivity contribution >= 4 is 37.9 Å². The summed E-state index contributed by atoms with van der Waals surface area (Å²) in [6.07, 6.45) is 5.70. The number of hydrogen-bond acceptors (Lipinski definition) is 4. The molecule has 1 heterocycles. The molecule has 2 aromatic carbocycles. The maximum Gasteiger partial charge on any atom is 0.250 e. The van der Waals surface area contributed by atoms with Crippen LogP contribution in [0.2, 0.25) is 0 Å². The molecule has 0 radical (unpaired) electrons. The maximum absolute atomic E-state index is 12.0. The lowest BCUT2D eigenvalue weighted by atomic mass is 9.89. The zero-order valence-corrected chi connectivity index (χ0v) is 17.6. The van der Waals surface area contributed by atoms with Gasteiger partial charge in [0.2, 0.25) is 0 Å². The number of rotatable bonds is 5. The largest absolute Gasteiger partial charge is 0.398 e. The quantitative estimate of drug-likeness (QED) is 0.542. The highest BCUT2D eigenvalue weighted by atomic mass is 32.2. The first-order valence-corrected chi connectivity index (χ1v) is 12.0. The van der Waals surface area contributed by atoms with Crippen molar-refractivity contribution in [1.82, 2.24) is 4.98 Å². The summed E-state index contributed by atoms with van der Waals surface area (Å²) in [5.74, 6) is -0.131. The number of benzene rings is 2. The van der Waals surface area contributed by atoms with Crippen LogP contribution in [-0.4, -0.2) is 31.3 Å². The Morgan fingerprint density at radius 1 is 1.17 bits per heavy atom. The number of fused-ring (bicyclic) bond motifs is 1. The number of sulfone groups is 1. The van der Waals surface area contributed by atoms with Crippen LogP contribution in [0.1, 0.15) is 35.3 Å². The van der Waals surface area contributed by atoms with Crippen molar-refractivity contribution in [2.75, 3.05) is 17.7 Å². The van der Waals surface area contributed by atoms with Gasteiger partial charge < -0.3 is 16.5 Å². The van der Waals surface area contributed by atoms with E-state index in [-0.39, 0.29) is 11.7 Å². The molecule has 0 bridgehead atoms. The summed E-state index contributed by atoms with van der Waals surface area (Å²) in [5.41, 5.74) is 17.5. The first kappa shape index (κ1) is 20.2.